The fourth-order valence-electron chi connectivity index (χ4n) is 2.51. The van der Waals surface area contributed by atoms with Crippen molar-refractivity contribution in [1.29, 1.82) is 0 Å². The smallest absolute Gasteiger partial charge is 0.258 e. The van der Waals surface area contributed by atoms with Gasteiger partial charge in [-0.3, -0.25) is 4.79 Å². The Balaban J connectivity index is 1.94. The number of aliphatic hydroxyl groups excluding tert-OH is 1. The second-order valence-corrected chi connectivity index (χ2v) is 6.34. The monoisotopic (exact) mass is 291 g/mol. The number of benzene rings is 1. The zero-order valence-electron chi connectivity index (χ0n) is 13.1. The first-order valence-corrected chi connectivity index (χ1v) is 7.66. The summed E-state index contributed by atoms with van der Waals surface area (Å²) in [6, 6.07) is 5.67. The van der Waals surface area contributed by atoms with Gasteiger partial charge in [-0.15, -0.1) is 0 Å². The number of aliphatic hydroxyl groups is 1. The Labute approximate surface area is 126 Å². The van der Waals surface area contributed by atoms with E-state index in [0.717, 1.165) is 36.8 Å². The van der Waals surface area contributed by atoms with Crippen molar-refractivity contribution in [2.24, 2.45) is 0 Å². The number of aryl methyl sites for hydroxylation is 1. The van der Waals surface area contributed by atoms with Gasteiger partial charge in [0.15, 0.2) is 6.61 Å². The Morgan fingerprint density at radius 1 is 1.48 bits per heavy atom. The van der Waals surface area contributed by atoms with Crippen molar-refractivity contribution in [1.82, 2.24) is 5.32 Å². The Morgan fingerprint density at radius 3 is 2.95 bits per heavy atom. The third kappa shape index (κ3) is 4.21. The number of fused-ring (bicyclic) bond motifs is 1. The van der Waals surface area contributed by atoms with E-state index < -0.39 is 0 Å². The molecule has 0 aliphatic heterocycles. The normalized spacial score (nSPS) is 18.0. The molecular weight excluding hydrogens is 266 g/mol. The average Bonchev–Trinajstić information content (AvgIpc) is 2.45. The number of amides is 1. The minimum absolute atomic E-state index is 0.0186. The number of rotatable bonds is 5. The van der Waals surface area contributed by atoms with Gasteiger partial charge in [-0.2, -0.15) is 0 Å². The van der Waals surface area contributed by atoms with Crippen molar-refractivity contribution in [3.63, 3.8) is 0 Å². The van der Waals surface area contributed by atoms with Gasteiger partial charge in [-0.25, -0.2) is 0 Å². The first-order chi connectivity index (χ1) is 9.91. The van der Waals surface area contributed by atoms with E-state index in [-0.39, 0.29) is 24.2 Å². The zero-order chi connectivity index (χ0) is 15.5. The van der Waals surface area contributed by atoms with Gasteiger partial charge in [0.2, 0.25) is 0 Å². The molecule has 1 aliphatic rings. The van der Waals surface area contributed by atoms with Crippen LogP contribution in [0.25, 0.3) is 0 Å². The molecule has 2 rings (SSSR count). The summed E-state index contributed by atoms with van der Waals surface area (Å²) in [5.41, 5.74) is 1.91. The summed E-state index contributed by atoms with van der Waals surface area (Å²) < 4.78 is 5.57. The lowest BCUT2D eigenvalue weighted by molar-refractivity contribution is -0.124. The molecule has 0 aromatic heterocycles. The van der Waals surface area contributed by atoms with Crippen LogP contribution in [0.3, 0.4) is 0 Å². The number of ether oxygens (including phenoxy) is 1. The molecule has 1 aromatic rings. The van der Waals surface area contributed by atoms with Crippen molar-refractivity contribution in [3.05, 3.63) is 29.3 Å². The molecule has 2 N–H and O–H groups in total. The van der Waals surface area contributed by atoms with Crippen LogP contribution in [0.2, 0.25) is 0 Å². The SMILES string of the molecule is CCC(C)(C)NC(=O)COc1ccc2c(c1)CCCC2O. The molecule has 116 valence electrons. The minimum atomic E-state index is -0.364. The van der Waals surface area contributed by atoms with E-state index in [1.54, 1.807) is 0 Å². The second kappa shape index (κ2) is 6.48. The number of carbonyl (C=O) groups is 1. The average molecular weight is 291 g/mol. The maximum atomic E-state index is 11.9. The van der Waals surface area contributed by atoms with Gasteiger partial charge in [0.1, 0.15) is 5.75 Å². The highest BCUT2D eigenvalue weighted by molar-refractivity contribution is 5.78. The molecule has 0 radical (unpaired) electrons. The zero-order valence-corrected chi connectivity index (χ0v) is 13.1. The summed E-state index contributed by atoms with van der Waals surface area (Å²) in [5.74, 6) is 0.576. The highest BCUT2D eigenvalue weighted by atomic mass is 16.5. The van der Waals surface area contributed by atoms with Gasteiger partial charge in [0.05, 0.1) is 6.10 Å². The molecule has 0 bridgehead atoms. The number of nitrogens with one attached hydrogen (secondary N) is 1. The number of carbonyl (C=O) groups excluding carboxylic acids is 1. The standard InChI is InChI=1S/C17H25NO3/c1-4-17(2,3)18-16(20)11-21-13-8-9-14-12(10-13)6-5-7-15(14)19/h8-10,15,19H,4-7,11H2,1-3H3,(H,18,20). The fraction of sp³-hybridized carbons (Fsp3) is 0.588. The lowest BCUT2D eigenvalue weighted by atomic mass is 9.89. The molecule has 1 aromatic carbocycles. The van der Waals surface area contributed by atoms with Crippen molar-refractivity contribution >= 4 is 5.91 Å². The van der Waals surface area contributed by atoms with Crippen LogP contribution in [0.5, 0.6) is 5.75 Å². The van der Waals surface area contributed by atoms with Crippen LogP contribution in [0.1, 0.15) is 57.3 Å². The third-order valence-corrected chi connectivity index (χ3v) is 4.13. The highest BCUT2D eigenvalue weighted by Crippen LogP contribution is 2.31. The van der Waals surface area contributed by atoms with E-state index >= 15 is 0 Å². The van der Waals surface area contributed by atoms with E-state index in [9.17, 15) is 9.90 Å². The number of hydrogen-bond acceptors (Lipinski definition) is 3. The summed E-state index contributed by atoms with van der Waals surface area (Å²) in [7, 11) is 0. The van der Waals surface area contributed by atoms with E-state index in [1.165, 1.54) is 0 Å². The van der Waals surface area contributed by atoms with Crippen LogP contribution in [0.4, 0.5) is 0 Å². The van der Waals surface area contributed by atoms with E-state index in [0.29, 0.717) is 5.75 Å². The van der Waals surface area contributed by atoms with Crippen LogP contribution in [-0.4, -0.2) is 23.2 Å². The topological polar surface area (TPSA) is 58.6 Å². The van der Waals surface area contributed by atoms with Crippen LogP contribution in [0, 0.1) is 0 Å². The summed E-state index contributed by atoms with van der Waals surface area (Å²) in [4.78, 5) is 11.9. The van der Waals surface area contributed by atoms with Gasteiger partial charge >= 0.3 is 0 Å². The van der Waals surface area contributed by atoms with Crippen molar-refractivity contribution < 1.29 is 14.6 Å². The Bertz CT molecular complexity index is 511. The summed E-state index contributed by atoms with van der Waals surface area (Å²) in [5, 5.41) is 12.9. The molecule has 1 amide bonds. The molecule has 4 nitrogen and oxygen atoms in total. The molecule has 0 heterocycles. The summed E-state index contributed by atoms with van der Waals surface area (Å²) in [6.07, 6.45) is 3.27. The van der Waals surface area contributed by atoms with Gasteiger partial charge in [-0.1, -0.05) is 13.0 Å². The minimum Gasteiger partial charge on any atom is -0.484 e. The van der Waals surface area contributed by atoms with Gasteiger partial charge in [0, 0.05) is 5.54 Å². The maximum absolute atomic E-state index is 11.9. The molecule has 0 saturated heterocycles. The predicted molar refractivity (Wildman–Crippen MR) is 82.3 cm³/mol. The largest absolute Gasteiger partial charge is 0.484 e. The molecule has 1 atom stereocenters. The molecule has 21 heavy (non-hydrogen) atoms. The third-order valence-electron chi connectivity index (χ3n) is 4.13. The van der Waals surface area contributed by atoms with Gasteiger partial charge < -0.3 is 15.2 Å². The Hall–Kier alpha value is -1.55. The second-order valence-electron chi connectivity index (χ2n) is 6.34. The predicted octanol–water partition coefficient (Wildman–Crippen LogP) is 2.74. The van der Waals surface area contributed by atoms with Crippen molar-refractivity contribution in [2.45, 2.75) is 58.1 Å². The van der Waals surface area contributed by atoms with Crippen molar-refractivity contribution in [3.8, 4) is 5.75 Å². The van der Waals surface area contributed by atoms with Crippen LogP contribution >= 0.6 is 0 Å². The first-order valence-electron chi connectivity index (χ1n) is 7.66. The number of hydrogen-bond donors (Lipinski definition) is 2. The lowest BCUT2D eigenvalue weighted by Gasteiger charge is -2.24. The molecule has 0 fully saturated rings. The van der Waals surface area contributed by atoms with E-state index in [1.807, 2.05) is 39.0 Å². The summed E-state index contributed by atoms with van der Waals surface area (Å²) >= 11 is 0. The van der Waals surface area contributed by atoms with Crippen LogP contribution < -0.4 is 10.1 Å². The lowest BCUT2D eigenvalue weighted by Crippen LogP contribution is -2.44. The molecule has 0 spiro atoms. The van der Waals surface area contributed by atoms with E-state index in [2.05, 4.69) is 5.32 Å². The quantitative estimate of drug-likeness (QED) is 0.877. The Kier molecular flexibility index (Phi) is 4.88. The highest BCUT2D eigenvalue weighted by Gasteiger charge is 2.20. The molecule has 1 aliphatic carbocycles. The molecular formula is C17H25NO3. The fourth-order valence-corrected chi connectivity index (χ4v) is 2.51. The summed E-state index contributed by atoms with van der Waals surface area (Å²) in [6.45, 7) is 6.04. The van der Waals surface area contributed by atoms with Crippen LogP contribution in [0.15, 0.2) is 18.2 Å². The maximum Gasteiger partial charge on any atom is 0.258 e. The van der Waals surface area contributed by atoms with Gasteiger partial charge in [-0.05, 0) is 62.8 Å². The van der Waals surface area contributed by atoms with Crippen LogP contribution in [-0.2, 0) is 11.2 Å². The Morgan fingerprint density at radius 2 is 2.24 bits per heavy atom. The van der Waals surface area contributed by atoms with Crippen molar-refractivity contribution in [2.75, 3.05) is 6.61 Å². The molecule has 4 heteroatoms. The molecule has 1 unspecified atom stereocenters. The van der Waals surface area contributed by atoms with E-state index in [4.69, 9.17) is 4.74 Å². The first kappa shape index (κ1) is 15.8. The molecule has 0 saturated carbocycles. The van der Waals surface area contributed by atoms with Gasteiger partial charge in [0.25, 0.3) is 5.91 Å².